The zero-order valence-electron chi connectivity index (χ0n) is 68.9. The first-order chi connectivity index (χ1) is 61.7. The van der Waals surface area contributed by atoms with Crippen LogP contribution in [-0.4, -0.2) is 242 Å². The fraction of sp³-hybridized carbons (Fsp3) is 0.390. The average Bonchev–Trinajstić information content (AvgIpc) is 1.52. The molecule has 48 heteroatoms. The molecule has 22 N–H and O–H groups in total. The van der Waals surface area contributed by atoms with Crippen molar-refractivity contribution in [3.63, 3.8) is 0 Å². The number of nitrogens with two attached hydrogens (primary N) is 2. The van der Waals surface area contributed by atoms with Crippen LogP contribution in [0.1, 0.15) is 152 Å². The van der Waals surface area contributed by atoms with E-state index in [-0.39, 0.29) is 127 Å². The van der Waals surface area contributed by atoms with E-state index in [1.54, 1.807) is 24.3 Å². The van der Waals surface area contributed by atoms with Gasteiger partial charge in [0.25, 0.3) is 5.91 Å². The average molecular weight is 1830 g/mol. The molecular weight excluding hydrogens is 1740 g/mol. The number of ether oxygens (including phenoxy) is 3. The molecule has 1 spiro atoms. The minimum Gasteiger partial charge on any atom is -0.508 e. The number of carboxylic acid groups (broad SMARTS) is 7. The Bertz CT molecular complexity index is 5470. The molecule has 5 amide bonds. The van der Waals surface area contributed by atoms with Gasteiger partial charge in [-0.25, -0.2) is 24.4 Å². The van der Waals surface area contributed by atoms with Crippen LogP contribution in [0.25, 0.3) is 11.2 Å². The number of esters is 1. The largest absolute Gasteiger partial charge is 0.508 e. The number of benzene rings is 4. The zero-order chi connectivity index (χ0) is 94.8. The number of carbonyl (C=O) groups excluding carboxylic acids is 10. The lowest BCUT2D eigenvalue weighted by atomic mass is 9.77. The molecule has 0 fully saturated rings. The van der Waals surface area contributed by atoms with Crippen LogP contribution in [0.15, 0.2) is 91.3 Å². The normalized spacial score (nSPS) is 13.9. The molecule has 5 heterocycles. The summed E-state index contributed by atoms with van der Waals surface area (Å²) in [4.78, 5) is 240. The number of Topliss-reactive ketones (excluding diaryl/α,β-unsaturated/α-hetero) is 4. The van der Waals surface area contributed by atoms with Gasteiger partial charge in [-0.3, -0.25) is 71.8 Å². The maximum absolute atomic E-state index is 14.6. The van der Waals surface area contributed by atoms with Gasteiger partial charge in [0.15, 0.2) is 39.2 Å². The number of thiocarbonyl (C=S) groups is 1. The number of carboxylic acids is 7. The second-order valence-corrected chi connectivity index (χ2v) is 30.6. The standard InChI is InChI=1S/C82H91N17O30S/c83-19-2-1-4-40(76(121)122)25-60(104)57(34-67(112)113)94-74(119)42(29-65(108)109)26-59(103)55(5-3-22-99-38-46(97-98-99)18-23-127-81(126)86-21-20-85-80(130)90-45-10-14-52-51(31-45)78(125)129-82(52)53-15-11-49(101)32-62(53)128-63-33-50(102)12-16-54(63)82)91-73(118)43(30-66(110)111)27-61(105)58(35-68(114)115)93-72(117)41(28-64(106)107)24-48(100)13-17-56(77(123)124)92-71(116)39-6-8-44(9-7-39)87-36-47-37-88-70-69(89-47)75(120)96-79(84)95-70/h6-12,14-16,31-33,37-38,40-43,55-58,87,101-102H,1-5,13,17-30,34-36,83H2,(H,86,126)(H,91,118)(H,92,116)(H,93,117)(H,94,119)(H,106,107)(H,108,109)(H,110,111)(H,112,113)(H,114,115)(H,121,122)(H,123,124)(H2,85,90,130)(H3,84,88,95,96,120)/t40-,41+,42+,43+,55-,56-,57+,58+/m0/s1. The lowest BCUT2D eigenvalue weighted by Gasteiger charge is -2.36. The highest BCUT2D eigenvalue weighted by atomic mass is 32.1. The Kier molecular flexibility index (Phi) is 34.5. The summed E-state index contributed by atoms with van der Waals surface area (Å²) in [6.45, 7) is -0.167. The number of aryl methyl sites for hydroxylation is 1. The number of alkyl carbamates (subject to hydrolysis) is 1. The fourth-order valence-corrected chi connectivity index (χ4v) is 14.4. The van der Waals surface area contributed by atoms with Crippen LogP contribution in [0.3, 0.4) is 0 Å². The van der Waals surface area contributed by atoms with E-state index < -0.39 is 237 Å². The van der Waals surface area contributed by atoms with Crippen LogP contribution in [0, 0.1) is 23.7 Å². The van der Waals surface area contributed by atoms with Crippen molar-refractivity contribution in [3.05, 3.63) is 130 Å². The number of nitrogens with zero attached hydrogens (tertiary/aromatic N) is 7. The first-order valence-corrected chi connectivity index (χ1v) is 40.6. The number of phenols is 2. The van der Waals surface area contributed by atoms with Crippen LogP contribution in [-0.2, 0) is 102 Å². The number of aromatic hydroxyl groups is 3. The van der Waals surface area contributed by atoms with E-state index in [1.807, 2.05) is 5.32 Å². The van der Waals surface area contributed by atoms with Gasteiger partial charge in [0.05, 0.1) is 110 Å². The number of fused-ring (bicyclic) bond motifs is 7. The summed E-state index contributed by atoms with van der Waals surface area (Å²) in [7, 11) is 0. The smallest absolute Gasteiger partial charge is 0.407 e. The van der Waals surface area contributed by atoms with Crippen molar-refractivity contribution in [2.45, 2.75) is 152 Å². The molecule has 47 nitrogen and oxygen atoms in total. The number of carbonyl (C=O) groups is 17. The third kappa shape index (κ3) is 27.7. The fourth-order valence-electron chi connectivity index (χ4n) is 14.2. The summed E-state index contributed by atoms with van der Waals surface area (Å²) in [5, 5.41) is 129. The Labute approximate surface area is 740 Å². The molecule has 7 aromatic rings. The number of hydrogen-bond acceptors (Lipinski definition) is 33. The lowest BCUT2D eigenvalue weighted by Crippen LogP contribution is -2.49. The first kappa shape index (κ1) is 98.3. The Morgan fingerprint density at radius 3 is 1.66 bits per heavy atom. The Hall–Kier alpha value is -15.5. The van der Waals surface area contributed by atoms with Gasteiger partial charge in [0.1, 0.15) is 34.8 Å². The molecule has 4 aromatic carbocycles. The van der Waals surface area contributed by atoms with Crippen LogP contribution in [0.2, 0.25) is 0 Å². The van der Waals surface area contributed by atoms with Gasteiger partial charge >= 0.3 is 53.8 Å². The quantitative estimate of drug-likeness (QED) is 0.0147. The Morgan fingerprint density at radius 2 is 1.09 bits per heavy atom. The van der Waals surface area contributed by atoms with E-state index >= 15 is 0 Å². The predicted octanol–water partition coefficient (Wildman–Crippen LogP) is 1.93. The van der Waals surface area contributed by atoms with Gasteiger partial charge in [0, 0.05) is 110 Å². The van der Waals surface area contributed by atoms with Crippen LogP contribution in [0.4, 0.5) is 22.1 Å². The van der Waals surface area contributed by atoms with Crippen molar-refractivity contribution in [2.24, 2.45) is 29.4 Å². The SMILES string of the molecule is NCCCC[C@@H](CC(=O)[C@@H](CC(=O)O)NC(=O)[C@@H](CC(=O)O)CC(=O)[C@H](CCCn1cc(CCOC(=O)NCCNC(=S)Nc2ccc3c(c2)C(=O)OC32c3ccc(O)cc3Oc3cc(O)ccc32)nn1)NC(=O)[C@@H](CC(=O)O)CC(=O)[C@@H](CC(=O)O)NC(=O)[C@@H](CC(=O)O)CC(=O)CC[C@H](NC(=O)c1ccc(NCc2cnc3nc(N)nc(O)c3n2)cc1)C(=O)O)C(=O)O. The van der Waals surface area contributed by atoms with Crippen molar-refractivity contribution in [2.75, 3.05) is 42.6 Å². The van der Waals surface area contributed by atoms with Crippen molar-refractivity contribution in [3.8, 4) is 28.9 Å². The molecule has 130 heavy (non-hydrogen) atoms. The highest BCUT2D eigenvalue weighted by Crippen LogP contribution is 2.57. The molecule has 0 saturated carbocycles. The molecule has 0 bridgehead atoms. The number of phenolic OH excluding ortho intramolecular Hbond substituents is 2. The summed E-state index contributed by atoms with van der Waals surface area (Å²) in [6.07, 6.45) is -10.0. The van der Waals surface area contributed by atoms with Crippen LogP contribution < -0.4 is 58.7 Å². The minimum atomic E-state index is -2.22. The number of anilines is 3. The molecule has 8 atom stereocenters. The van der Waals surface area contributed by atoms with Gasteiger partial charge in [-0.1, -0.05) is 17.7 Å². The zero-order valence-corrected chi connectivity index (χ0v) is 69.7. The van der Waals surface area contributed by atoms with E-state index in [4.69, 9.17) is 37.9 Å². The second-order valence-electron chi connectivity index (χ2n) is 30.2. The first-order valence-electron chi connectivity index (χ1n) is 40.2. The lowest BCUT2D eigenvalue weighted by molar-refractivity contribution is -0.146. The van der Waals surface area contributed by atoms with E-state index in [0.29, 0.717) is 40.2 Å². The molecule has 3 aromatic heterocycles. The molecule has 0 unspecified atom stereocenters. The minimum absolute atomic E-state index is 0.0203. The molecule has 2 aliphatic rings. The van der Waals surface area contributed by atoms with Crippen LogP contribution >= 0.6 is 12.2 Å². The third-order valence-corrected chi connectivity index (χ3v) is 20.8. The van der Waals surface area contributed by atoms with Crippen molar-refractivity contribution in [1.82, 2.24) is 66.8 Å². The molecule has 0 aliphatic carbocycles. The maximum Gasteiger partial charge on any atom is 0.407 e. The number of nitrogens with one attached hydrogen (secondary N) is 8. The van der Waals surface area contributed by atoms with Crippen molar-refractivity contribution in [1.29, 1.82) is 0 Å². The van der Waals surface area contributed by atoms with E-state index in [2.05, 4.69) is 67.5 Å². The maximum atomic E-state index is 14.6. The summed E-state index contributed by atoms with van der Waals surface area (Å²) in [6, 6.07) is 11.2. The number of aromatic nitrogens is 7. The van der Waals surface area contributed by atoms with E-state index in [9.17, 15) is 133 Å². The number of rotatable bonds is 52. The molecule has 0 saturated heterocycles. The summed E-state index contributed by atoms with van der Waals surface area (Å²) >= 11 is 5.47. The highest BCUT2D eigenvalue weighted by Gasteiger charge is 2.54. The third-order valence-electron chi connectivity index (χ3n) is 20.6. The number of unbranched alkanes of at least 4 members (excludes halogenated alkanes) is 1. The molecule has 0 radical (unpaired) electrons. The number of aliphatic carboxylic acids is 7. The second kappa shape index (κ2) is 45.6. The molecular formula is C82H91N17O30S. The summed E-state index contributed by atoms with van der Waals surface area (Å²) < 4.78 is 18.7. The number of nitrogen functional groups attached to an aromatic ring is 1. The van der Waals surface area contributed by atoms with Gasteiger partial charge in [-0.2, -0.15) is 9.97 Å². The molecule has 9 rings (SSSR count). The Morgan fingerprint density at radius 1 is 0.546 bits per heavy atom. The topological polar surface area (TPSA) is 751 Å². The van der Waals surface area contributed by atoms with Gasteiger partial charge < -0.3 is 119 Å². The predicted molar refractivity (Wildman–Crippen MR) is 448 cm³/mol. The van der Waals surface area contributed by atoms with Crippen LogP contribution in [0.5, 0.6) is 28.9 Å². The summed E-state index contributed by atoms with van der Waals surface area (Å²) in [5.41, 5.74) is 12.4. The molecule has 2 aliphatic heterocycles. The van der Waals surface area contributed by atoms with Crippen molar-refractivity contribution < 1.29 is 147 Å². The van der Waals surface area contributed by atoms with E-state index in [1.165, 1.54) is 71.7 Å². The number of amides is 5. The van der Waals surface area contributed by atoms with Gasteiger partial charge in [0.2, 0.25) is 29.5 Å². The summed E-state index contributed by atoms with van der Waals surface area (Å²) in [5.74, 6) is -30.2. The van der Waals surface area contributed by atoms with Crippen molar-refractivity contribution >= 4 is 146 Å². The highest BCUT2D eigenvalue weighted by molar-refractivity contribution is 7.80. The number of ketones is 4. The van der Waals surface area contributed by atoms with Gasteiger partial charge in [-0.05, 0) is 112 Å². The number of hydrogen-bond donors (Lipinski definition) is 20. The Balaban J connectivity index is 0.812. The van der Waals surface area contributed by atoms with Gasteiger partial charge in [-0.15, -0.1) is 5.10 Å². The molecule has 690 valence electrons. The van der Waals surface area contributed by atoms with E-state index in [0.717, 1.165) is 0 Å². The monoisotopic (exact) mass is 1830 g/mol.